The lowest BCUT2D eigenvalue weighted by atomic mass is 9.43. The van der Waals surface area contributed by atoms with Gasteiger partial charge in [0.25, 0.3) is 5.92 Å². The Morgan fingerprint density at radius 2 is 1.67 bits per heavy atom. The zero-order valence-electron chi connectivity index (χ0n) is 23.9. The zero-order valence-corrected chi connectivity index (χ0v) is 23.9. The van der Waals surface area contributed by atoms with Crippen molar-refractivity contribution in [3.63, 3.8) is 0 Å². The van der Waals surface area contributed by atoms with Crippen LogP contribution in [0, 0.1) is 52.2 Å². The van der Waals surface area contributed by atoms with Crippen molar-refractivity contribution in [2.75, 3.05) is 7.11 Å². The molecule has 7 heteroatoms. The van der Waals surface area contributed by atoms with Crippen molar-refractivity contribution in [2.24, 2.45) is 46.3 Å². The van der Waals surface area contributed by atoms with Gasteiger partial charge in [0, 0.05) is 17.9 Å². The minimum Gasteiger partial charge on any atom is -0.493 e. The molecular weight excluding hydrogens is 505 g/mol. The first-order valence-corrected chi connectivity index (χ1v) is 15.1. The summed E-state index contributed by atoms with van der Waals surface area (Å²) in [5.41, 5.74) is -0.0443. The van der Waals surface area contributed by atoms with E-state index in [1.54, 1.807) is 12.1 Å². The number of para-hydroxylation sites is 1. The van der Waals surface area contributed by atoms with E-state index in [1.807, 2.05) is 0 Å². The lowest BCUT2D eigenvalue weighted by Gasteiger charge is -2.63. The highest BCUT2D eigenvalue weighted by atomic mass is 19.3. The molecular formula is C32H47F3O4. The number of aliphatic hydroxyl groups excluding tert-OH is 3. The summed E-state index contributed by atoms with van der Waals surface area (Å²) in [7, 11) is 1.40. The average Bonchev–Trinajstić information content (AvgIpc) is 3.24. The highest BCUT2D eigenvalue weighted by molar-refractivity contribution is 5.36. The van der Waals surface area contributed by atoms with E-state index in [1.165, 1.54) is 13.2 Å². The lowest BCUT2D eigenvalue weighted by molar-refractivity contribution is -0.258. The Morgan fingerprint density at radius 3 is 2.38 bits per heavy atom. The highest BCUT2D eigenvalue weighted by Gasteiger charge is 2.69. The fraction of sp³-hybridized carbons (Fsp3) is 0.812. The molecule has 0 saturated heterocycles. The molecule has 1 aromatic rings. The van der Waals surface area contributed by atoms with Crippen LogP contribution in [0.2, 0.25) is 0 Å². The molecule has 0 heterocycles. The molecule has 5 rings (SSSR count). The number of methoxy groups -OCH3 is 1. The first-order valence-electron chi connectivity index (χ1n) is 15.1. The maximum Gasteiger partial charge on any atom is 0.251 e. The second-order valence-electron chi connectivity index (χ2n) is 13.9. The van der Waals surface area contributed by atoms with E-state index >= 15 is 8.78 Å². The third-order valence-corrected chi connectivity index (χ3v) is 12.2. The topological polar surface area (TPSA) is 69.9 Å². The Hall–Kier alpha value is -1.31. The van der Waals surface area contributed by atoms with E-state index in [0.29, 0.717) is 36.7 Å². The van der Waals surface area contributed by atoms with Crippen LogP contribution in [0.1, 0.15) is 96.6 Å². The second-order valence-corrected chi connectivity index (χ2v) is 13.9. The molecule has 11 atom stereocenters. The van der Waals surface area contributed by atoms with E-state index in [2.05, 4.69) is 20.8 Å². The Bertz CT molecular complexity index is 1030. The van der Waals surface area contributed by atoms with Crippen LogP contribution in [-0.4, -0.2) is 40.6 Å². The first-order chi connectivity index (χ1) is 18.3. The Kier molecular flexibility index (Phi) is 7.87. The van der Waals surface area contributed by atoms with Gasteiger partial charge in [-0.25, -0.2) is 13.2 Å². The summed E-state index contributed by atoms with van der Waals surface area (Å²) in [6.45, 7) is 6.59. The summed E-state index contributed by atoms with van der Waals surface area (Å²) in [5.74, 6) is -3.94. The first kappa shape index (κ1) is 29.2. The smallest absolute Gasteiger partial charge is 0.251 e. The SMILES string of the molecule is COc1c(F)cccc1C(O)CCC[C@@H](C)[C@H]1CC[C@H]2[C@H]3[C@H](CC[C@]12C)[C@@]1(C)CC[C@H](O)[C@H](O)[C@@H]1CC3(F)F. The van der Waals surface area contributed by atoms with E-state index in [-0.39, 0.29) is 34.8 Å². The quantitative estimate of drug-likeness (QED) is 0.344. The minimum absolute atomic E-state index is 0.0392. The van der Waals surface area contributed by atoms with E-state index < -0.39 is 41.9 Å². The molecule has 1 aromatic carbocycles. The maximum absolute atomic E-state index is 16.0. The molecule has 4 aliphatic rings. The van der Waals surface area contributed by atoms with Crippen LogP contribution in [-0.2, 0) is 0 Å². The van der Waals surface area contributed by atoms with Crippen molar-refractivity contribution in [1.29, 1.82) is 0 Å². The molecule has 0 aliphatic heterocycles. The van der Waals surface area contributed by atoms with Crippen LogP contribution in [0.15, 0.2) is 18.2 Å². The molecule has 0 radical (unpaired) electrons. The molecule has 0 bridgehead atoms. The monoisotopic (exact) mass is 552 g/mol. The second kappa shape index (κ2) is 10.5. The Balaban J connectivity index is 1.27. The standard InChI is InChI=1S/C32H47F3O4/c1-18(7-5-10-25(36)19-8-6-9-24(33)29(19)39-4)20-11-12-21-27-22(13-15-30(20,21)2)31(3)16-14-26(37)28(38)23(31)17-32(27,34)35/h6,8-9,18,20-23,25-28,36-38H,5,7,10-17H2,1-4H3/t18-,20-,21+,22+,23+,25?,26+,27+,28-,30-,31-/m1/s1. The third-order valence-electron chi connectivity index (χ3n) is 12.2. The molecule has 0 amide bonds. The summed E-state index contributed by atoms with van der Waals surface area (Å²) in [6.07, 6.45) is 3.67. The molecule has 3 N–H and O–H groups in total. The fourth-order valence-electron chi connectivity index (χ4n) is 10.2. The van der Waals surface area contributed by atoms with E-state index in [4.69, 9.17) is 4.74 Å². The average molecular weight is 553 g/mol. The largest absolute Gasteiger partial charge is 0.493 e. The van der Waals surface area contributed by atoms with Gasteiger partial charge in [0.15, 0.2) is 11.6 Å². The van der Waals surface area contributed by atoms with Crippen LogP contribution in [0.5, 0.6) is 5.75 Å². The molecule has 4 fully saturated rings. The van der Waals surface area contributed by atoms with E-state index in [9.17, 15) is 19.7 Å². The van der Waals surface area contributed by atoms with Gasteiger partial charge < -0.3 is 20.1 Å². The van der Waals surface area contributed by atoms with Gasteiger partial charge in [0.05, 0.1) is 25.4 Å². The third kappa shape index (κ3) is 4.72. The summed E-state index contributed by atoms with van der Waals surface area (Å²) in [4.78, 5) is 0. The number of alkyl halides is 2. The van der Waals surface area contributed by atoms with Crippen molar-refractivity contribution in [2.45, 2.75) is 109 Å². The predicted octanol–water partition coefficient (Wildman–Crippen LogP) is 6.91. The lowest BCUT2D eigenvalue weighted by Crippen LogP contribution is -2.64. The van der Waals surface area contributed by atoms with Crippen LogP contribution in [0.3, 0.4) is 0 Å². The van der Waals surface area contributed by atoms with Crippen molar-refractivity contribution in [3.8, 4) is 5.75 Å². The highest BCUT2D eigenvalue weighted by Crippen LogP contribution is 2.71. The van der Waals surface area contributed by atoms with Gasteiger partial charge >= 0.3 is 0 Å². The number of aliphatic hydroxyl groups is 3. The maximum atomic E-state index is 16.0. The fourth-order valence-corrected chi connectivity index (χ4v) is 10.2. The number of hydrogen-bond acceptors (Lipinski definition) is 4. The molecule has 0 spiro atoms. The number of benzene rings is 1. The normalized spacial score (nSPS) is 42.7. The number of halogens is 3. The van der Waals surface area contributed by atoms with Crippen molar-refractivity contribution in [3.05, 3.63) is 29.6 Å². The summed E-state index contributed by atoms with van der Waals surface area (Å²) in [6, 6.07) is 4.59. The Labute approximate surface area is 231 Å². The molecule has 4 saturated carbocycles. The number of hydrogen-bond donors (Lipinski definition) is 3. The molecule has 220 valence electrons. The summed E-state index contributed by atoms with van der Waals surface area (Å²) < 4.78 is 51.3. The van der Waals surface area contributed by atoms with Crippen LogP contribution < -0.4 is 4.74 Å². The molecule has 4 nitrogen and oxygen atoms in total. The molecule has 1 unspecified atom stereocenters. The summed E-state index contributed by atoms with van der Waals surface area (Å²) >= 11 is 0. The number of ether oxygens (including phenoxy) is 1. The zero-order chi connectivity index (χ0) is 28.3. The van der Waals surface area contributed by atoms with Gasteiger partial charge in [-0.05, 0) is 91.4 Å². The summed E-state index contributed by atoms with van der Waals surface area (Å²) in [5, 5.41) is 31.7. The number of fused-ring (bicyclic) bond motifs is 5. The minimum atomic E-state index is -2.84. The van der Waals surface area contributed by atoms with Crippen LogP contribution >= 0.6 is 0 Å². The van der Waals surface area contributed by atoms with Gasteiger partial charge in [-0.1, -0.05) is 45.7 Å². The van der Waals surface area contributed by atoms with Gasteiger partial charge in [-0.2, -0.15) is 0 Å². The van der Waals surface area contributed by atoms with Crippen molar-refractivity contribution >= 4 is 0 Å². The van der Waals surface area contributed by atoms with Gasteiger partial charge in [-0.15, -0.1) is 0 Å². The van der Waals surface area contributed by atoms with Crippen molar-refractivity contribution < 1.29 is 33.2 Å². The van der Waals surface area contributed by atoms with Crippen LogP contribution in [0.4, 0.5) is 13.2 Å². The molecule has 39 heavy (non-hydrogen) atoms. The van der Waals surface area contributed by atoms with E-state index in [0.717, 1.165) is 38.5 Å². The van der Waals surface area contributed by atoms with Gasteiger partial charge in [-0.3, -0.25) is 0 Å². The predicted molar refractivity (Wildman–Crippen MR) is 144 cm³/mol. The molecule has 0 aromatic heterocycles. The van der Waals surface area contributed by atoms with Crippen LogP contribution in [0.25, 0.3) is 0 Å². The Morgan fingerprint density at radius 1 is 0.974 bits per heavy atom. The number of rotatable bonds is 7. The van der Waals surface area contributed by atoms with Gasteiger partial charge in [0.1, 0.15) is 0 Å². The molecule has 4 aliphatic carbocycles. The van der Waals surface area contributed by atoms with Crippen molar-refractivity contribution in [1.82, 2.24) is 0 Å². The van der Waals surface area contributed by atoms with Gasteiger partial charge in [0.2, 0.25) is 0 Å².